The van der Waals surface area contributed by atoms with Crippen molar-refractivity contribution in [3.05, 3.63) is 100 Å². The van der Waals surface area contributed by atoms with E-state index >= 15 is 0 Å². The lowest BCUT2D eigenvalue weighted by Crippen LogP contribution is -2.05. The van der Waals surface area contributed by atoms with E-state index in [1.54, 1.807) is 12.3 Å². The first-order valence-corrected chi connectivity index (χ1v) is 8.83. The van der Waals surface area contributed by atoms with Gasteiger partial charge < -0.3 is 10.2 Å². The zero-order chi connectivity index (χ0) is 18.9. The molecule has 0 heterocycles. The fraction of sp³-hybridized carbons (Fsp3) is 0.0909. The molecule has 0 aliphatic heterocycles. The molecule has 0 aromatic heterocycles. The number of hydrazone groups is 1. The smallest absolute Gasteiger partial charge is 0.119 e. The molecule has 5 heteroatoms. The Kier molecular flexibility index (Phi) is 6.45. The molecule has 134 valence electrons. The minimum absolute atomic E-state index is 0.361. The number of hydrogen-bond donors (Lipinski definition) is 1. The number of nitriles is 1. The Labute approximate surface area is 163 Å². The molecular weight excluding hydrogens is 358 g/mol. The van der Waals surface area contributed by atoms with Crippen LogP contribution >= 0.6 is 11.6 Å². The number of ether oxygens (including phenoxy) is 1. The van der Waals surface area contributed by atoms with Gasteiger partial charge in [-0.3, -0.25) is 0 Å². The minimum Gasteiger partial charge on any atom is -0.489 e. The molecule has 0 bridgehead atoms. The molecule has 3 aromatic carbocycles. The zero-order valence-electron chi connectivity index (χ0n) is 14.6. The van der Waals surface area contributed by atoms with Crippen molar-refractivity contribution in [2.24, 2.45) is 5.10 Å². The van der Waals surface area contributed by atoms with E-state index in [0.717, 1.165) is 27.5 Å². The summed E-state index contributed by atoms with van der Waals surface area (Å²) >= 11 is 5.86. The monoisotopic (exact) mass is 375 g/mol. The fourth-order valence-corrected chi connectivity index (χ4v) is 2.55. The van der Waals surface area contributed by atoms with Gasteiger partial charge in [-0.1, -0.05) is 41.9 Å². The topological polar surface area (TPSA) is 57.4 Å². The van der Waals surface area contributed by atoms with Crippen LogP contribution in [0.3, 0.4) is 0 Å². The standard InChI is InChI=1S/C22H18ClN3O/c23-21-9-5-17(6-10-21)14-25-26-15-18-7-11-22(12-8-18)27-16-20-4-2-1-3-19(20)13-24/h1-12,15,25H,14,16H2/b26-15-. The van der Waals surface area contributed by atoms with Crippen molar-refractivity contribution in [2.45, 2.75) is 13.2 Å². The summed E-state index contributed by atoms with van der Waals surface area (Å²) in [7, 11) is 0. The van der Waals surface area contributed by atoms with Gasteiger partial charge in [0, 0.05) is 10.6 Å². The number of benzene rings is 3. The number of rotatable bonds is 7. The summed E-state index contributed by atoms with van der Waals surface area (Å²) < 4.78 is 5.76. The van der Waals surface area contributed by atoms with Crippen LogP contribution in [-0.4, -0.2) is 6.21 Å². The van der Waals surface area contributed by atoms with Crippen molar-refractivity contribution in [3.63, 3.8) is 0 Å². The number of hydrogen-bond acceptors (Lipinski definition) is 4. The van der Waals surface area contributed by atoms with E-state index < -0.39 is 0 Å². The number of nitrogens with zero attached hydrogens (tertiary/aromatic N) is 2. The van der Waals surface area contributed by atoms with Crippen LogP contribution in [0.25, 0.3) is 0 Å². The van der Waals surface area contributed by atoms with Crippen LogP contribution < -0.4 is 10.2 Å². The highest BCUT2D eigenvalue weighted by Crippen LogP contribution is 2.15. The van der Waals surface area contributed by atoms with Crippen molar-refractivity contribution >= 4 is 17.8 Å². The molecule has 3 aromatic rings. The second kappa shape index (κ2) is 9.42. The Hall–Kier alpha value is -3.29. The number of halogens is 1. The second-order valence-electron chi connectivity index (χ2n) is 5.85. The summed E-state index contributed by atoms with van der Waals surface area (Å²) in [5, 5.41) is 14.1. The highest BCUT2D eigenvalue weighted by atomic mass is 35.5. The number of nitrogens with one attached hydrogen (secondary N) is 1. The lowest BCUT2D eigenvalue weighted by molar-refractivity contribution is 0.306. The van der Waals surface area contributed by atoms with Gasteiger partial charge in [0.05, 0.1) is 24.4 Å². The lowest BCUT2D eigenvalue weighted by Gasteiger charge is -2.07. The first-order valence-electron chi connectivity index (χ1n) is 8.46. The van der Waals surface area contributed by atoms with Gasteiger partial charge in [-0.2, -0.15) is 10.4 Å². The maximum absolute atomic E-state index is 9.11. The Morgan fingerprint density at radius 1 is 1.00 bits per heavy atom. The molecule has 0 spiro atoms. The van der Waals surface area contributed by atoms with Crippen LogP contribution in [0.2, 0.25) is 5.02 Å². The SMILES string of the molecule is N#Cc1ccccc1COc1ccc(/C=N\NCc2ccc(Cl)cc2)cc1. The van der Waals surface area contributed by atoms with Crippen LogP contribution in [0.4, 0.5) is 0 Å². The molecule has 27 heavy (non-hydrogen) atoms. The van der Waals surface area contributed by atoms with Crippen LogP contribution in [-0.2, 0) is 13.2 Å². The maximum atomic E-state index is 9.11. The third-order valence-corrected chi connectivity index (χ3v) is 4.17. The van der Waals surface area contributed by atoms with Crippen molar-refractivity contribution in [2.75, 3.05) is 0 Å². The molecular formula is C22H18ClN3O. The van der Waals surface area contributed by atoms with E-state index in [4.69, 9.17) is 21.6 Å². The predicted molar refractivity (Wildman–Crippen MR) is 108 cm³/mol. The Morgan fingerprint density at radius 3 is 2.48 bits per heavy atom. The molecule has 4 nitrogen and oxygen atoms in total. The van der Waals surface area contributed by atoms with Gasteiger partial charge >= 0.3 is 0 Å². The highest BCUT2D eigenvalue weighted by molar-refractivity contribution is 6.30. The summed E-state index contributed by atoms with van der Waals surface area (Å²) in [6.45, 7) is 0.993. The van der Waals surface area contributed by atoms with Gasteiger partial charge in [0.1, 0.15) is 12.4 Å². The molecule has 0 radical (unpaired) electrons. The van der Waals surface area contributed by atoms with E-state index in [0.29, 0.717) is 18.7 Å². The second-order valence-corrected chi connectivity index (χ2v) is 6.28. The van der Waals surface area contributed by atoms with Gasteiger partial charge in [0.25, 0.3) is 0 Å². The molecule has 0 aliphatic carbocycles. The van der Waals surface area contributed by atoms with Crippen molar-refractivity contribution in [1.29, 1.82) is 5.26 Å². The third-order valence-electron chi connectivity index (χ3n) is 3.91. The molecule has 0 atom stereocenters. The first-order chi connectivity index (χ1) is 13.2. The normalized spacial score (nSPS) is 10.5. The van der Waals surface area contributed by atoms with E-state index in [-0.39, 0.29) is 0 Å². The van der Waals surface area contributed by atoms with Crippen LogP contribution in [0, 0.1) is 11.3 Å². The Bertz CT molecular complexity index is 945. The molecule has 0 saturated carbocycles. The van der Waals surface area contributed by atoms with Gasteiger partial charge in [-0.05, 0) is 53.6 Å². The molecule has 0 unspecified atom stereocenters. The molecule has 0 fully saturated rings. The highest BCUT2D eigenvalue weighted by Gasteiger charge is 2.02. The summed E-state index contributed by atoms with van der Waals surface area (Å²) in [6.07, 6.45) is 1.75. The van der Waals surface area contributed by atoms with Gasteiger partial charge in [-0.25, -0.2) is 0 Å². The Morgan fingerprint density at radius 2 is 1.74 bits per heavy atom. The van der Waals surface area contributed by atoms with Crippen molar-refractivity contribution in [3.8, 4) is 11.8 Å². The third kappa shape index (κ3) is 5.60. The summed E-state index contributed by atoms with van der Waals surface area (Å²) in [4.78, 5) is 0. The van der Waals surface area contributed by atoms with Gasteiger partial charge in [0.2, 0.25) is 0 Å². The summed E-state index contributed by atoms with van der Waals surface area (Å²) in [5.74, 6) is 0.744. The molecule has 0 aliphatic rings. The van der Waals surface area contributed by atoms with Gasteiger partial charge in [-0.15, -0.1) is 0 Å². The first kappa shape index (κ1) is 18.5. The van der Waals surface area contributed by atoms with E-state index in [2.05, 4.69) is 16.6 Å². The zero-order valence-corrected chi connectivity index (χ0v) is 15.4. The van der Waals surface area contributed by atoms with Crippen molar-refractivity contribution < 1.29 is 4.74 Å². The van der Waals surface area contributed by atoms with Crippen LogP contribution in [0.1, 0.15) is 22.3 Å². The molecule has 0 saturated heterocycles. The fourth-order valence-electron chi connectivity index (χ4n) is 2.43. The largest absolute Gasteiger partial charge is 0.489 e. The van der Waals surface area contributed by atoms with E-state index in [1.165, 1.54) is 0 Å². The Balaban J connectivity index is 1.49. The minimum atomic E-state index is 0.361. The van der Waals surface area contributed by atoms with Crippen LogP contribution in [0.15, 0.2) is 77.9 Å². The molecule has 3 rings (SSSR count). The lowest BCUT2D eigenvalue weighted by atomic mass is 10.1. The quantitative estimate of drug-likeness (QED) is 0.471. The molecule has 1 N–H and O–H groups in total. The van der Waals surface area contributed by atoms with Crippen molar-refractivity contribution in [1.82, 2.24) is 5.43 Å². The molecule has 0 amide bonds. The van der Waals surface area contributed by atoms with E-state index in [9.17, 15) is 0 Å². The predicted octanol–water partition coefficient (Wildman–Crippen LogP) is 4.91. The summed E-state index contributed by atoms with van der Waals surface area (Å²) in [6, 6.07) is 24.9. The average molecular weight is 376 g/mol. The summed E-state index contributed by atoms with van der Waals surface area (Å²) in [5.41, 5.74) is 6.58. The van der Waals surface area contributed by atoms with E-state index in [1.807, 2.05) is 66.7 Å². The van der Waals surface area contributed by atoms with Gasteiger partial charge in [0.15, 0.2) is 0 Å². The van der Waals surface area contributed by atoms with Crippen LogP contribution in [0.5, 0.6) is 5.75 Å². The maximum Gasteiger partial charge on any atom is 0.119 e. The average Bonchev–Trinajstić information content (AvgIpc) is 2.72.